The third kappa shape index (κ3) is 2.53. The first kappa shape index (κ1) is 12.3. The van der Waals surface area contributed by atoms with E-state index in [-0.39, 0.29) is 11.5 Å². The van der Waals surface area contributed by atoms with Gasteiger partial charge in [-0.15, -0.1) is 11.3 Å². The van der Waals surface area contributed by atoms with E-state index < -0.39 is 0 Å². The molecule has 0 spiro atoms. The third-order valence-electron chi connectivity index (χ3n) is 3.25. The number of nitrogens with one attached hydrogen (secondary N) is 1. The number of carbonyl (C=O) groups excluding carboxylic acids is 1. The van der Waals surface area contributed by atoms with Gasteiger partial charge in [0.05, 0.1) is 11.8 Å². The van der Waals surface area contributed by atoms with E-state index in [1.54, 1.807) is 0 Å². The number of aromatic nitrogens is 2. The van der Waals surface area contributed by atoms with Gasteiger partial charge in [-0.3, -0.25) is 14.2 Å². The molecule has 0 unspecified atom stereocenters. The number of aryl methyl sites for hydroxylation is 2. The topological polar surface area (TPSA) is 64.0 Å². The van der Waals surface area contributed by atoms with Crippen LogP contribution in [0.15, 0.2) is 16.5 Å². The van der Waals surface area contributed by atoms with Gasteiger partial charge in [0, 0.05) is 19.0 Å². The van der Waals surface area contributed by atoms with Crippen LogP contribution in [0.2, 0.25) is 0 Å². The molecule has 1 saturated carbocycles. The van der Waals surface area contributed by atoms with Crippen LogP contribution in [-0.2, 0) is 11.3 Å². The highest BCUT2D eigenvalue weighted by atomic mass is 32.1. The lowest BCUT2D eigenvalue weighted by molar-refractivity contribution is -0.121. The lowest BCUT2D eigenvalue weighted by Gasteiger charge is -2.05. The number of carbonyl (C=O) groups is 1. The van der Waals surface area contributed by atoms with Crippen LogP contribution in [0.4, 0.5) is 0 Å². The van der Waals surface area contributed by atoms with Crippen molar-refractivity contribution >= 4 is 27.5 Å². The van der Waals surface area contributed by atoms with Crippen molar-refractivity contribution in [3.05, 3.63) is 27.6 Å². The predicted octanol–water partition coefficient (Wildman–Crippen LogP) is 1.44. The van der Waals surface area contributed by atoms with Crippen LogP contribution in [0, 0.1) is 6.92 Å². The van der Waals surface area contributed by atoms with E-state index in [0.29, 0.717) is 23.7 Å². The first-order valence-electron chi connectivity index (χ1n) is 6.38. The summed E-state index contributed by atoms with van der Waals surface area (Å²) in [6.45, 7) is 2.33. The van der Waals surface area contributed by atoms with Gasteiger partial charge < -0.3 is 5.32 Å². The number of hydrogen-bond donors (Lipinski definition) is 1. The van der Waals surface area contributed by atoms with Crippen LogP contribution in [0.1, 0.15) is 24.8 Å². The van der Waals surface area contributed by atoms with Gasteiger partial charge in [-0.2, -0.15) is 0 Å². The fourth-order valence-corrected chi connectivity index (χ4v) is 2.92. The van der Waals surface area contributed by atoms with Crippen LogP contribution in [0.5, 0.6) is 0 Å². The molecule has 100 valence electrons. The molecule has 6 heteroatoms. The van der Waals surface area contributed by atoms with E-state index in [9.17, 15) is 9.59 Å². The zero-order valence-electron chi connectivity index (χ0n) is 10.7. The maximum absolute atomic E-state index is 12.2. The minimum atomic E-state index is -0.0534. The lowest BCUT2D eigenvalue weighted by Crippen LogP contribution is -2.28. The molecule has 1 amide bonds. The minimum Gasteiger partial charge on any atom is -0.353 e. The number of hydrogen-bond acceptors (Lipinski definition) is 4. The average Bonchev–Trinajstić information content (AvgIpc) is 3.11. The maximum atomic E-state index is 12.2. The van der Waals surface area contributed by atoms with Gasteiger partial charge in [0.25, 0.3) is 5.56 Å². The molecule has 0 radical (unpaired) electrons. The second-order valence-electron chi connectivity index (χ2n) is 4.93. The van der Waals surface area contributed by atoms with Crippen molar-refractivity contribution in [2.45, 2.75) is 38.8 Å². The van der Waals surface area contributed by atoms with Crippen molar-refractivity contribution in [3.63, 3.8) is 0 Å². The molecule has 2 aromatic heterocycles. The largest absolute Gasteiger partial charge is 0.353 e. The summed E-state index contributed by atoms with van der Waals surface area (Å²) < 4.78 is 2.19. The second kappa shape index (κ2) is 4.77. The van der Waals surface area contributed by atoms with Gasteiger partial charge in [-0.1, -0.05) is 0 Å². The van der Waals surface area contributed by atoms with Crippen LogP contribution < -0.4 is 10.9 Å². The third-order valence-corrected chi connectivity index (χ3v) is 4.32. The Morgan fingerprint density at radius 3 is 3.11 bits per heavy atom. The summed E-state index contributed by atoms with van der Waals surface area (Å²) in [7, 11) is 0. The molecule has 1 N–H and O–H groups in total. The molecule has 2 aromatic rings. The van der Waals surface area contributed by atoms with Crippen LogP contribution in [0.3, 0.4) is 0 Å². The first-order chi connectivity index (χ1) is 9.15. The minimum absolute atomic E-state index is 0.0110. The molecule has 19 heavy (non-hydrogen) atoms. The standard InChI is InChI=1S/C13H15N3O2S/c1-8-6-19-12-11(8)14-7-16(13(12)18)5-4-10(17)15-9-2-3-9/h6-7,9H,2-5H2,1H3,(H,15,17). The van der Waals surface area contributed by atoms with Crippen molar-refractivity contribution < 1.29 is 4.79 Å². The van der Waals surface area contributed by atoms with Crippen molar-refractivity contribution in [2.24, 2.45) is 0 Å². The molecule has 1 aliphatic carbocycles. The van der Waals surface area contributed by atoms with Crippen LogP contribution in [-0.4, -0.2) is 21.5 Å². The smallest absolute Gasteiger partial charge is 0.271 e. The first-order valence-corrected chi connectivity index (χ1v) is 7.25. The number of thiophene rings is 1. The molecule has 2 heterocycles. The van der Waals surface area contributed by atoms with Gasteiger partial charge >= 0.3 is 0 Å². The van der Waals surface area contributed by atoms with Crippen molar-refractivity contribution in [1.82, 2.24) is 14.9 Å². The zero-order valence-corrected chi connectivity index (χ0v) is 11.5. The average molecular weight is 277 g/mol. The highest BCUT2D eigenvalue weighted by Crippen LogP contribution is 2.20. The predicted molar refractivity (Wildman–Crippen MR) is 74.4 cm³/mol. The molecule has 0 saturated heterocycles. The van der Waals surface area contributed by atoms with E-state index in [1.165, 1.54) is 22.2 Å². The molecule has 0 aliphatic heterocycles. The number of rotatable bonds is 4. The molecule has 1 aliphatic rings. The molecular formula is C13H15N3O2S. The van der Waals surface area contributed by atoms with Crippen molar-refractivity contribution in [3.8, 4) is 0 Å². The summed E-state index contributed by atoms with van der Waals surface area (Å²) in [5.41, 5.74) is 1.74. The highest BCUT2D eigenvalue weighted by Gasteiger charge is 2.22. The second-order valence-corrected chi connectivity index (χ2v) is 5.81. The Morgan fingerprint density at radius 1 is 1.58 bits per heavy atom. The molecule has 0 atom stereocenters. The highest BCUT2D eigenvalue weighted by molar-refractivity contribution is 7.17. The summed E-state index contributed by atoms with van der Waals surface area (Å²) in [6.07, 6.45) is 4.02. The number of nitrogens with zero attached hydrogens (tertiary/aromatic N) is 2. The molecular weight excluding hydrogens is 262 g/mol. The van der Waals surface area contributed by atoms with Gasteiger partial charge in [0.15, 0.2) is 0 Å². The SMILES string of the molecule is Cc1csc2c(=O)n(CCC(=O)NC3CC3)cnc12. The summed E-state index contributed by atoms with van der Waals surface area (Å²) >= 11 is 1.41. The van der Waals surface area contributed by atoms with E-state index in [0.717, 1.165) is 23.9 Å². The molecule has 3 rings (SSSR count). The Hall–Kier alpha value is -1.69. The summed E-state index contributed by atoms with van der Waals surface area (Å²) in [5, 5.41) is 4.85. The lowest BCUT2D eigenvalue weighted by atomic mass is 10.3. The Bertz CT molecular complexity index is 685. The Morgan fingerprint density at radius 2 is 2.37 bits per heavy atom. The fourth-order valence-electron chi connectivity index (χ4n) is 1.97. The molecule has 5 nitrogen and oxygen atoms in total. The molecule has 1 fully saturated rings. The summed E-state index contributed by atoms with van der Waals surface area (Å²) in [4.78, 5) is 28.1. The summed E-state index contributed by atoms with van der Waals surface area (Å²) in [6, 6.07) is 0.366. The Labute approximate surface area is 114 Å². The monoisotopic (exact) mass is 277 g/mol. The van der Waals surface area contributed by atoms with E-state index in [2.05, 4.69) is 10.3 Å². The van der Waals surface area contributed by atoms with E-state index in [4.69, 9.17) is 0 Å². The number of fused-ring (bicyclic) bond motifs is 1. The van der Waals surface area contributed by atoms with Crippen molar-refractivity contribution in [2.75, 3.05) is 0 Å². The quantitative estimate of drug-likeness (QED) is 0.919. The van der Waals surface area contributed by atoms with Gasteiger partial charge in [0.2, 0.25) is 5.91 Å². The van der Waals surface area contributed by atoms with E-state index >= 15 is 0 Å². The molecule has 0 aromatic carbocycles. The zero-order chi connectivity index (χ0) is 13.4. The Balaban J connectivity index is 1.75. The van der Waals surface area contributed by atoms with Gasteiger partial charge in [-0.05, 0) is 30.7 Å². The van der Waals surface area contributed by atoms with Gasteiger partial charge in [-0.25, -0.2) is 4.98 Å². The summed E-state index contributed by atoms with van der Waals surface area (Å²) in [5.74, 6) is 0.0110. The molecule has 0 bridgehead atoms. The van der Waals surface area contributed by atoms with Crippen molar-refractivity contribution in [1.29, 1.82) is 0 Å². The van der Waals surface area contributed by atoms with Gasteiger partial charge in [0.1, 0.15) is 4.70 Å². The maximum Gasteiger partial charge on any atom is 0.271 e. The Kier molecular flexibility index (Phi) is 3.10. The van der Waals surface area contributed by atoms with E-state index in [1.807, 2.05) is 12.3 Å². The number of amides is 1. The normalized spacial score (nSPS) is 14.8. The van der Waals surface area contributed by atoms with Crippen LogP contribution in [0.25, 0.3) is 10.2 Å². The van der Waals surface area contributed by atoms with Crippen LogP contribution >= 0.6 is 11.3 Å². The fraction of sp³-hybridized carbons (Fsp3) is 0.462.